The molecule has 2 aromatic rings. The van der Waals surface area contributed by atoms with Gasteiger partial charge in [0.05, 0.1) is 10.8 Å². The third kappa shape index (κ3) is 4.07. The van der Waals surface area contributed by atoms with Crippen LogP contribution >= 0.6 is 0 Å². The van der Waals surface area contributed by atoms with Crippen LogP contribution in [0.15, 0.2) is 47.4 Å². The Morgan fingerprint density at radius 3 is 2.65 bits per heavy atom. The maximum atomic E-state index is 13.1. The topological polar surface area (TPSA) is 66.5 Å². The molecule has 1 fully saturated rings. The highest BCUT2D eigenvalue weighted by Gasteiger charge is 2.33. The van der Waals surface area contributed by atoms with Gasteiger partial charge in [-0.15, -0.1) is 0 Å². The number of nitrogens with one attached hydrogen (secondary N) is 1. The van der Waals surface area contributed by atoms with E-state index in [-0.39, 0.29) is 18.4 Å². The van der Waals surface area contributed by atoms with Gasteiger partial charge in [0.2, 0.25) is 15.9 Å². The van der Waals surface area contributed by atoms with Crippen molar-refractivity contribution in [2.24, 2.45) is 11.8 Å². The Morgan fingerprint density at radius 2 is 1.92 bits per heavy atom. The average Bonchev–Trinajstić information content (AvgIpc) is 2.65. The van der Waals surface area contributed by atoms with E-state index in [4.69, 9.17) is 0 Å². The van der Waals surface area contributed by atoms with Crippen molar-refractivity contribution in [1.29, 1.82) is 0 Å². The van der Waals surface area contributed by atoms with Crippen molar-refractivity contribution >= 4 is 26.7 Å². The van der Waals surface area contributed by atoms with E-state index < -0.39 is 10.0 Å². The van der Waals surface area contributed by atoms with Crippen molar-refractivity contribution < 1.29 is 13.2 Å². The quantitative estimate of drug-likeness (QED) is 0.875. The van der Waals surface area contributed by atoms with E-state index in [9.17, 15) is 13.2 Å². The first kappa shape index (κ1) is 18.9. The van der Waals surface area contributed by atoms with E-state index in [2.05, 4.69) is 5.32 Å². The minimum absolute atomic E-state index is 0.0443. The van der Waals surface area contributed by atoms with Crippen LogP contribution in [0.2, 0.25) is 0 Å². The van der Waals surface area contributed by atoms with Gasteiger partial charge in [-0.3, -0.25) is 4.79 Å². The number of hydrogen-bond acceptors (Lipinski definition) is 3. The molecular formula is C20H26N2O3S. The molecule has 0 aromatic heterocycles. The molecule has 1 heterocycles. The molecule has 3 rings (SSSR count). The number of carbonyl (C=O) groups is 1. The first-order valence-corrected chi connectivity index (χ1v) is 10.6. The number of piperidine rings is 1. The molecule has 1 atom stereocenters. The molecule has 26 heavy (non-hydrogen) atoms. The summed E-state index contributed by atoms with van der Waals surface area (Å²) >= 11 is 0. The minimum Gasteiger partial charge on any atom is -0.356 e. The number of amides is 1. The van der Waals surface area contributed by atoms with Gasteiger partial charge < -0.3 is 5.32 Å². The van der Waals surface area contributed by atoms with Gasteiger partial charge in [0, 0.05) is 19.6 Å². The molecule has 1 N–H and O–H groups in total. The summed E-state index contributed by atoms with van der Waals surface area (Å²) in [7, 11) is -3.60. The molecule has 140 valence electrons. The van der Waals surface area contributed by atoms with Gasteiger partial charge >= 0.3 is 0 Å². The zero-order valence-corrected chi connectivity index (χ0v) is 16.1. The molecule has 0 unspecified atom stereocenters. The normalized spacial score (nSPS) is 19.0. The zero-order valence-electron chi connectivity index (χ0n) is 15.3. The Morgan fingerprint density at radius 1 is 1.19 bits per heavy atom. The summed E-state index contributed by atoms with van der Waals surface area (Å²) < 4.78 is 27.6. The summed E-state index contributed by atoms with van der Waals surface area (Å²) in [6.45, 7) is 5.41. The molecule has 1 saturated heterocycles. The summed E-state index contributed by atoms with van der Waals surface area (Å²) in [5, 5.41) is 4.84. The lowest BCUT2D eigenvalue weighted by Crippen LogP contribution is -2.45. The number of rotatable bonds is 5. The van der Waals surface area contributed by atoms with Gasteiger partial charge in [-0.05, 0) is 41.7 Å². The van der Waals surface area contributed by atoms with Gasteiger partial charge in [-0.25, -0.2) is 8.42 Å². The van der Waals surface area contributed by atoms with Crippen molar-refractivity contribution in [1.82, 2.24) is 9.62 Å². The first-order chi connectivity index (χ1) is 12.4. The van der Waals surface area contributed by atoms with Crippen LogP contribution in [0.25, 0.3) is 10.8 Å². The zero-order chi connectivity index (χ0) is 18.7. The Kier molecular flexibility index (Phi) is 5.63. The Labute approximate surface area is 155 Å². The van der Waals surface area contributed by atoms with E-state index in [1.54, 1.807) is 12.1 Å². The lowest BCUT2D eigenvalue weighted by molar-refractivity contribution is -0.126. The van der Waals surface area contributed by atoms with E-state index in [1.807, 2.05) is 44.2 Å². The number of benzene rings is 2. The monoisotopic (exact) mass is 374 g/mol. The van der Waals surface area contributed by atoms with Gasteiger partial charge in [0.15, 0.2) is 0 Å². The van der Waals surface area contributed by atoms with Crippen molar-refractivity contribution in [3.63, 3.8) is 0 Å². The summed E-state index contributed by atoms with van der Waals surface area (Å²) in [5.74, 6) is 0.0508. The second-order valence-electron chi connectivity index (χ2n) is 7.35. The summed E-state index contributed by atoms with van der Waals surface area (Å²) in [6, 6.07) is 12.9. The summed E-state index contributed by atoms with van der Waals surface area (Å²) in [6.07, 6.45) is 1.43. The highest BCUT2D eigenvalue weighted by atomic mass is 32.2. The highest BCUT2D eigenvalue weighted by Crippen LogP contribution is 2.26. The summed E-state index contributed by atoms with van der Waals surface area (Å²) in [5.41, 5.74) is 0. The Bertz CT molecular complexity index is 893. The van der Waals surface area contributed by atoms with Crippen LogP contribution in [-0.2, 0) is 14.8 Å². The van der Waals surface area contributed by atoms with Crippen LogP contribution in [0.5, 0.6) is 0 Å². The molecule has 1 amide bonds. The molecule has 0 saturated carbocycles. The molecule has 0 radical (unpaired) electrons. The molecule has 0 aliphatic carbocycles. The highest BCUT2D eigenvalue weighted by molar-refractivity contribution is 7.89. The smallest absolute Gasteiger partial charge is 0.243 e. The molecular weight excluding hydrogens is 348 g/mol. The number of fused-ring (bicyclic) bond motifs is 1. The fourth-order valence-electron chi connectivity index (χ4n) is 3.30. The van der Waals surface area contributed by atoms with Crippen LogP contribution in [0, 0.1) is 11.8 Å². The molecule has 1 aliphatic heterocycles. The van der Waals surface area contributed by atoms with E-state index >= 15 is 0 Å². The Hall–Kier alpha value is -1.92. The Balaban J connectivity index is 1.78. The molecule has 0 spiro atoms. The second kappa shape index (κ2) is 7.76. The van der Waals surface area contributed by atoms with E-state index in [1.165, 1.54) is 4.31 Å². The molecule has 1 aliphatic rings. The number of carbonyl (C=O) groups excluding carboxylic acids is 1. The van der Waals surface area contributed by atoms with Crippen molar-refractivity contribution in [2.45, 2.75) is 31.6 Å². The fraction of sp³-hybridized carbons (Fsp3) is 0.450. The van der Waals surface area contributed by atoms with Crippen LogP contribution in [0.1, 0.15) is 26.7 Å². The van der Waals surface area contributed by atoms with Gasteiger partial charge in [-0.1, -0.05) is 44.2 Å². The maximum absolute atomic E-state index is 13.1. The predicted molar refractivity (Wildman–Crippen MR) is 103 cm³/mol. The minimum atomic E-state index is -3.60. The van der Waals surface area contributed by atoms with Crippen molar-refractivity contribution in [3.05, 3.63) is 42.5 Å². The molecule has 6 heteroatoms. The molecule has 0 bridgehead atoms. The number of hydrogen-bond donors (Lipinski definition) is 1. The second-order valence-corrected chi connectivity index (χ2v) is 9.29. The van der Waals surface area contributed by atoms with Crippen LogP contribution < -0.4 is 5.32 Å². The van der Waals surface area contributed by atoms with Crippen LogP contribution in [-0.4, -0.2) is 38.3 Å². The van der Waals surface area contributed by atoms with Gasteiger partial charge in [0.1, 0.15) is 0 Å². The fourth-order valence-corrected chi connectivity index (χ4v) is 4.86. The van der Waals surface area contributed by atoms with E-state index in [0.29, 0.717) is 30.3 Å². The van der Waals surface area contributed by atoms with Crippen LogP contribution in [0.3, 0.4) is 0 Å². The lowest BCUT2D eigenvalue weighted by Gasteiger charge is -2.31. The molecule has 5 nitrogen and oxygen atoms in total. The average molecular weight is 375 g/mol. The number of sulfonamides is 1. The lowest BCUT2D eigenvalue weighted by atomic mass is 9.98. The third-order valence-corrected chi connectivity index (χ3v) is 6.66. The van der Waals surface area contributed by atoms with Gasteiger partial charge in [-0.2, -0.15) is 4.31 Å². The van der Waals surface area contributed by atoms with Crippen molar-refractivity contribution in [3.8, 4) is 0 Å². The largest absolute Gasteiger partial charge is 0.356 e. The maximum Gasteiger partial charge on any atom is 0.243 e. The molecule has 2 aromatic carbocycles. The van der Waals surface area contributed by atoms with Crippen LogP contribution in [0.4, 0.5) is 0 Å². The van der Waals surface area contributed by atoms with Gasteiger partial charge in [0.25, 0.3) is 0 Å². The summed E-state index contributed by atoms with van der Waals surface area (Å²) in [4.78, 5) is 12.6. The predicted octanol–water partition coefficient (Wildman–Crippen LogP) is 3.01. The van der Waals surface area contributed by atoms with E-state index in [0.717, 1.165) is 17.2 Å². The first-order valence-electron chi connectivity index (χ1n) is 9.14. The third-order valence-electron chi connectivity index (χ3n) is 4.80. The standard InChI is InChI=1S/C20H26N2O3S/c1-15(2)13-21-20(23)18-8-5-11-22(14-18)26(24,25)19-10-9-16-6-3-4-7-17(16)12-19/h3-4,6-7,9-10,12,15,18H,5,8,11,13-14H2,1-2H3,(H,21,23)/t18-/m1/s1. The SMILES string of the molecule is CC(C)CNC(=O)[C@@H]1CCCN(S(=O)(=O)c2ccc3ccccc3c2)C1. The number of nitrogens with zero attached hydrogens (tertiary/aromatic N) is 1. The van der Waals surface area contributed by atoms with Crippen molar-refractivity contribution in [2.75, 3.05) is 19.6 Å².